The third kappa shape index (κ3) is 5.81. The number of aromatic nitrogens is 8. The Hall–Kier alpha value is -3.50. The van der Waals surface area contributed by atoms with Crippen molar-refractivity contribution in [2.75, 3.05) is 25.4 Å². The van der Waals surface area contributed by atoms with Crippen LogP contribution in [0.5, 0.6) is 0 Å². The Labute approximate surface area is 226 Å². The van der Waals surface area contributed by atoms with Gasteiger partial charge in [0, 0.05) is 31.0 Å². The second-order valence-corrected chi connectivity index (χ2v) is 11.0. The molecule has 0 spiro atoms. The van der Waals surface area contributed by atoms with Crippen LogP contribution in [0.15, 0.2) is 66.3 Å². The zero-order valence-electron chi connectivity index (χ0n) is 21.8. The highest BCUT2D eigenvalue weighted by atomic mass is 32.2. The van der Waals surface area contributed by atoms with Crippen molar-refractivity contribution in [2.45, 2.75) is 43.8 Å². The van der Waals surface area contributed by atoms with Gasteiger partial charge < -0.3 is 9.47 Å². The largest absolute Gasteiger partial charge is 0.312 e. The number of benzene rings is 1. The molecule has 1 saturated heterocycles. The number of thioether (sulfide) groups is 1. The van der Waals surface area contributed by atoms with E-state index >= 15 is 0 Å². The molecule has 0 N–H and O–H groups in total. The molecule has 6 rings (SSSR count). The van der Waals surface area contributed by atoms with E-state index in [0.717, 1.165) is 46.6 Å². The number of rotatable bonds is 11. The molecule has 0 radical (unpaired) electrons. The molecule has 196 valence electrons. The van der Waals surface area contributed by atoms with Gasteiger partial charge in [0.2, 0.25) is 0 Å². The van der Waals surface area contributed by atoms with E-state index in [4.69, 9.17) is 10.1 Å². The molecule has 0 atom stereocenters. The summed E-state index contributed by atoms with van der Waals surface area (Å²) >= 11 is 1.67. The van der Waals surface area contributed by atoms with Crippen LogP contribution in [0.4, 0.5) is 0 Å². The molecule has 1 aromatic carbocycles. The minimum absolute atomic E-state index is 0.716. The van der Waals surface area contributed by atoms with Gasteiger partial charge in [-0.2, -0.15) is 10.2 Å². The fraction of sp³-hybridized carbons (Fsp3) is 0.393. The number of likely N-dealkylation sites (tertiary alicyclic amines) is 1. The summed E-state index contributed by atoms with van der Waals surface area (Å²) in [6, 6.07) is 15.1. The topological polar surface area (TPSA) is 82.0 Å². The first-order chi connectivity index (χ1) is 18.7. The second-order valence-electron chi connectivity index (χ2n) is 9.92. The van der Waals surface area contributed by atoms with Gasteiger partial charge in [-0.3, -0.25) is 4.68 Å². The second kappa shape index (κ2) is 11.5. The molecule has 5 heterocycles. The van der Waals surface area contributed by atoms with Crippen molar-refractivity contribution in [3.8, 4) is 11.3 Å². The first kappa shape index (κ1) is 24.8. The Kier molecular flexibility index (Phi) is 7.50. The number of fused-ring (bicyclic) bond motifs is 1. The lowest BCUT2D eigenvalue weighted by atomic mass is 10.1. The van der Waals surface area contributed by atoms with Crippen molar-refractivity contribution in [3.05, 3.63) is 78.1 Å². The number of aryl methyl sites for hydroxylation is 3. The number of hydrogen-bond acceptors (Lipinski definition) is 7. The molecule has 1 aliphatic rings. The maximum atomic E-state index is 4.86. The van der Waals surface area contributed by atoms with Gasteiger partial charge in [-0.25, -0.2) is 9.50 Å². The lowest BCUT2D eigenvalue weighted by Gasteiger charge is -2.13. The standard InChI is InChI=1S/C28H33N9S/c1-34-21-29-32-28(34)38-17-16-36-20-24(19-30-36)25-7-4-8-27-31-26(33-37(25)27)18-23-11-9-22(10-12-23)6-5-15-35-13-2-3-14-35/h4,7-12,19-21H,2-3,5-6,13-18H2,1H3. The Morgan fingerprint density at radius 1 is 0.974 bits per heavy atom. The molecule has 9 nitrogen and oxygen atoms in total. The maximum absolute atomic E-state index is 4.86. The van der Waals surface area contributed by atoms with Crippen LogP contribution in [-0.2, 0) is 26.4 Å². The minimum atomic E-state index is 0.716. The summed E-state index contributed by atoms with van der Waals surface area (Å²) in [5.74, 6) is 1.69. The molecule has 0 saturated carbocycles. The van der Waals surface area contributed by atoms with E-state index in [1.165, 1.54) is 50.0 Å². The summed E-state index contributed by atoms with van der Waals surface area (Å²) in [6.07, 6.45) is 11.5. The molecular formula is C28H33N9S. The quantitative estimate of drug-likeness (QED) is 0.239. The van der Waals surface area contributed by atoms with E-state index in [2.05, 4.69) is 56.7 Å². The van der Waals surface area contributed by atoms with Crippen molar-refractivity contribution in [3.63, 3.8) is 0 Å². The van der Waals surface area contributed by atoms with Crippen LogP contribution in [-0.4, -0.2) is 69.4 Å². The van der Waals surface area contributed by atoms with Crippen molar-refractivity contribution in [1.82, 2.24) is 44.0 Å². The van der Waals surface area contributed by atoms with Crippen LogP contribution in [0, 0.1) is 0 Å². The summed E-state index contributed by atoms with van der Waals surface area (Å²) in [5.41, 5.74) is 5.50. The summed E-state index contributed by atoms with van der Waals surface area (Å²) in [6.45, 7) is 4.55. The Balaban J connectivity index is 1.08. The zero-order valence-corrected chi connectivity index (χ0v) is 22.6. The fourth-order valence-electron chi connectivity index (χ4n) is 5.01. The van der Waals surface area contributed by atoms with Crippen molar-refractivity contribution < 1.29 is 0 Å². The molecule has 0 amide bonds. The lowest BCUT2D eigenvalue weighted by molar-refractivity contribution is 0.334. The molecule has 0 aliphatic carbocycles. The summed E-state index contributed by atoms with van der Waals surface area (Å²) in [7, 11) is 1.95. The van der Waals surface area contributed by atoms with Gasteiger partial charge in [0.15, 0.2) is 16.6 Å². The third-order valence-electron chi connectivity index (χ3n) is 7.08. The van der Waals surface area contributed by atoms with Gasteiger partial charge in [-0.1, -0.05) is 42.1 Å². The molecule has 0 unspecified atom stereocenters. The first-order valence-corrected chi connectivity index (χ1v) is 14.3. The van der Waals surface area contributed by atoms with Crippen molar-refractivity contribution in [2.24, 2.45) is 7.05 Å². The number of hydrogen-bond donors (Lipinski definition) is 0. The third-order valence-corrected chi connectivity index (χ3v) is 8.09. The van der Waals surface area contributed by atoms with E-state index in [-0.39, 0.29) is 0 Å². The maximum Gasteiger partial charge on any atom is 0.190 e. The van der Waals surface area contributed by atoms with Crippen molar-refractivity contribution in [1.29, 1.82) is 0 Å². The fourth-order valence-corrected chi connectivity index (χ4v) is 5.83. The van der Waals surface area contributed by atoms with E-state index in [1.807, 2.05) is 39.1 Å². The molecule has 5 aromatic rings. The van der Waals surface area contributed by atoms with E-state index in [0.29, 0.717) is 6.42 Å². The van der Waals surface area contributed by atoms with Crippen LogP contribution in [0.2, 0.25) is 0 Å². The van der Waals surface area contributed by atoms with E-state index < -0.39 is 0 Å². The summed E-state index contributed by atoms with van der Waals surface area (Å²) < 4.78 is 5.81. The average molecular weight is 528 g/mol. The van der Waals surface area contributed by atoms with Gasteiger partial charge in [-0.05, 0) is 68.6 Å². The van der Waals surface area contributed by atoms with Crippen LogP contribution >= 0.6 is 11.8 Å². The monoisotopic (exact) mass is 527 g/mol. The highest BCUT2D eigenvalue weighted by molar-refractivity contribution is 7.99. The van der Waals surface area contributed by atoms with E-state index in [9.17, 15) is 0 Å². The molecular weight excluding hydrogens is 494 g/mol. The molecule has 10 heteroatoms. The number of pyridine rings is 1. The SMILES string of the molecule is Cn1cnnc1SCCn1cc(-c2cccc3nc(Cc4ccc(CCCN5CCCC5)cc4)nn23)cn1. The normalized spacial score (nSPS) is 14.1. The predicted octanol–water partition coefficient (Wildman–Crippen LogP) is 4.13. The predicted molar refractivity (Wildman–Crippen MR) is 149 cm³/mol. The Morgan fingerprint density at radius 2 is 1.82 bits per heavy atom. The zero-order chi connectivity index (χ0) is 25.7. The molecule has 1 aliphatic heterocycles. The summed E-state index contributed by atoms with van der Waals surface area (Å²) in [5, 5.41) is 18.4. The van der Waals surface area contributed by atoms with Gasteiger partial charge in [0.1, 0.15) is 6.33 Å². The lowest BCUT2D eigenvalue weighted by Crippen LogP contribution is -2.20. The summed E-state index contributed by atoms with van der Waals surface area (Å²) in [4.78, 5) is 7.39. The molecule has 0 bridgehead atoms. The Bertz CT molecular complexity index is 1480. The minimum Gasteiger partial charge on any atom is -0.312 e. The van der Waals surface area contributed by atoms with Crippen LogP contribution in [0.1, 0.15) is 36.2 Å². The smallest absolute Gasteiger partial charge is 0.190 e. The van der Waals surface area contributed by atoms with Gasteiger partial charge in [0.05, 0.1) is 18.4 Å². The van der Waals surface area contributed by atoms with Crippen molar-refractivity contribution >= 4 is 17.4 Å². The molecule has 1 fully saturated rings. The van der Waals surface area contributed by atoms with E-state index in [1.54, 1.807) is 18.1 Å². The average Bonchev–Trinajstić information content (AvgIpc) is 3.73. The highest BCUT2D eigenvalue weighted by Crippen LogP contribution is 2.21. The molecule has 38 heavy (non-hydrogen) atoms. The van der Waals surface area contributed by atoms with Crippen LogP contribution < -0.4 is 0 Å². The van der Waals surface area contributed by atoms with Gasteiger partial charge in [0.25, 0.3) is 0 Å². The molecule has 4 aromatic heterocycles. The highest BCUT2D eigenvalue weighted by Gasteiger charge is 2.13. The van der Waals surface area contributed by atoms with Gasteiger partial charge in [-0.15, -0.1) is 10.2 Å². The Morgan fingerprint density at radius 3 is 2.63 bits per heavy atom. The number of nitrogens with zero attached hydrogens (tertiary/aromatic N) is 9. The van der Waals surface area contributed by atoms with Crippen LogP contribution in [0.25, 0.3) is 16.9 Å². The first-order valence-electron chi connectivity index (χ1n) is 13.4. The van der Waals surface area contributed by atoms with Gasteiger partial charge >= 0.3 is 0 Å². The van der Waals surface area contributed by atoms with Crippen LogP contribution in [0.3, 0.4) is 0 Å².